The van der Waals surface area contributed by atoms with Gasteiger partial charge in [0.15, 0.2) is 6.61 Å². The number of nitrogens with zero attached hydrogens (tertiary/aromatic N) is 1. The molecular weight excluding hydrogens is 244 g/mol. The lowest BCUT2D eigenvalue weighted by molar-refractivity contribution is -0.127. The number of amides is 2. The van der Waals surface area contributed by atoms with Crippen LogP contribution in [0.15, 0.2) is 18.2 Å². The molecule has 0 bridgehead atoms. The normalized spacial score (nSPS) is 14.9. The fraction of sp³-hybridized carbons (Fsp3) is 0.429. The van der Waals surface area contributed by atoms with Gasteiger partial charge in [0.05, 0.1) is 5.69 Å². The van der Waals surface area contributed by atoms with E-state index in [1.807, 2.05) is 19.9 Å². The highest BCUT2D eigenvalue weighted by molar-refractivity contribution is 6.16. The number of hydrogen-bond acceptors (Lipinski definition) is 4. The summed E-state index contributed by atoms with van der Waals surface area (Å²) in [6, 6.07) is 5.50. The average Bonchev–Trinajstić information content (AvgIpc) is 2.37. The quantitative estimate of drug-likeness (QED) is 0.869. The number of ether oxygens (including phenoxy) is 1. The van der Waals surface area contributed by atoms with Crippen LogP contribution in [0.3, 0.4) is 0 Å². The third-order valence-electron chi connectivity index (χ3n) is 3.41. The number of fused-ring (bicyclic) bond motifs is 1. The predicted octanol–water partition coefficient (Wildman–Crippen LogP) is 1.19. The van der Waals surface area contributed by atoms with Crippen molar-refractivity contribution in [2.75, 3.05) is 18.1 Å². The van der Waals surface area contributed by atoms with Crippen LogP contribution in [0.2, 0.25) is 0 Å². The Balaban J connectivity index is 2.53. The van der Waals surface area contributed by atoms with Crippen LogP contribution >= 0.6 is 0 Å². The van der Waals surface area contributed by atoms with Gasteiger partial charge in [-0.1, -0.05) is 19.9 Å². The Bertz CT molecular complexity index is 537. The lowest BCUT2D eigenvalue weighted by Gasteiger charge is -2.30. The van der Waals surface area contributed by atoms with Crippen molar-refractivity contribution in [3.05, 3.63) is 23.8 Å². The molecule has 1 heterocycles. The summed E-state index contributed by atoms with van der Waals surface area (Å²) in [6.07, 6.45) is 0. The van der Waals surface area contributed by atoms with Crippen molar-refractivity contribution in [2.45, 2.75) is 26.2 Å². The van der Waals surface area contributed by atoms with E-state index in [1.165, 1.54) is 6.92 Å². The highest BCUT2D eigenvalue weighted by atomic mass is 16.5. The Hall–Kier alpha value is -1.88. The van der Waals surface area contributed by atoms with Crippen LogP contribution in [0, 0.1) is 0 Å². The second-order valence-corrected chi connectivity index (χ2v) is 5.31. The topological polar surface area (TPSA) is 72.6 Å². The van der Waals surface area contributed by atoms with Crippen molar-refractivity contribution >= 4 is 17.5 Å². The maximum atomic E-state index is 11.8. The molecule has 1 aromatic carbocycles. The van der Waals surface area contributed by atoms with E-state index < -0.39 is 0 Å². The summed E-state index contributed by atoms with van der Waals surface area (Å²) in [5, 5.41) is 0. The van der Waals surface area contributed by atoms with Crippen molar-refractivity contribution < 1.29 is 14.3 Å². The summed E-state index contributed by atoms with van der Waals surface area (Å²) in [5.74, 6) is -0.105. The highest BCUT2D eigenvalue weighted by Crippen LogP contribution is 2.36. The predicted molar refractivity (Wildman–Crippen MR) is 72.2 cm³/mol. The molecule has 0 saturated carbocycles. The van der Waals surface area contributed by atoms with Crippen molar-refractivity contribution in [3.8, 4) is 5.75 Å². The van der Waals surface area contributed by atoms with Gasteiger partial charge in [-0.15, -0.1) is 0 Å². The molecule has 0 saturated heterocycles. The minimum absolute atomic E-state index is 0.105. The summed E-state index contributed by atoms with van der Waals surface area (Å²) in [4.78, 5) is 24.6. The first-order chi connectivity index (χ1) is 8.86. The number of carbonyl (C=O) groups is 2. The van der Waals surface area contributed by atoms with Crippen LogP contribution in [-0.2, 0) is 15.0 Å². The zero-order valence-electron chi connectivity index (χ0n) is 11.4. The lowest BCUT2D eigenvalue weighted by atomic mass is 9.84. The van der Waals surface area contributed by atoms with Gasteiger partial charge in [-0.2, -0.15) is 0 Å². The molecule has 0 aromatic heterocycles. The fourth-order valence-corrected chi connectivity index (χ4v) is 2.04. The Morgan fingerprint density at radius 2 is 2.16 bits per heavy atom. The van der Waals surface area contributed by atoms with E-state index in [0.717, 1.165) is 10.5 Å². The standard InChI is InChI=1S/C14H18N2O3/c1-9(17)16-11-6-10(14(2,3)8-15)4-5-12(11)19-7-13(16)18/h4-6H,7-8,15H2,1-3H3. The fourth-order valence-electron chi connectivity index (χ4n) is 2.04. The van der Waals surface area contributed by atoms with Crippen molar-refractivity contribution in [1.82, 2.24) is 0 Å². The number of nitrogens with two attached hydrogens (primary N) is 1. The van der Waals surface area contributed by atoms with Gasteiger partial charge in [0.1, 0.15) is 5.75 Å². The van der Waals surface area contributed by atoms with Gasteiger partial charge in [0, 0.05) is 18.9 Å². The Morgan fingerprint density at radius 1 is 1.47 bits per heavy atom. The SMILES string of the molecule is CC(=O)N1C(=O)COc2ccc(C(C)(C)CN)cc21. The van der Waals surface area contributed by atoms with Gasteiger partial charge in [0.25, 0.3) is 5.91 Å². The lowest BCUT2D eigenvalue weighted by Crippen LogP contribution is -2.42. The van der Waals surface area contributed by atoms with E-state index in [9.17, 15) is 9.59 Å². The van der Waals surface area contributed by atoms with Crippen LogP contribution < -0.4 is 15.4 Å². The molecule has 0 aliphatic carbocycles. The van der Waals surface area contributed by atoms with Crippen molar-refractivity contribution in [2.24, 2.45) is 5.73 Å². The molecule has 2 rings (SSSR count). The number of carbonyl (C=O) groups excluding carboxylic acids is 2. The first kappa shape index (κ1) is 13.5. The second kappa shape index (κ2) is 4.66. The van der Waals surface area contributed by atoms with Crippen LogP contribution in [0.25, 0.3) is 0 Å². The molecule has 0 spiro atoms. The first-order valence-corrected chi connectivity index (χ1v) is 6.18. The van der Waals surface area contributed by atoms with E-state index in [0.29, 0.717) is 18.0 Å². The number of hydrogen-bond donors (Lipinski definition) is 1. The number of benzene rings is 1. The second-order valence-electron chi connectivity index (χ2n) is 5.31. The molecule has 0 unspecified atom stereocenters. The van der Waals surface area contributed by atoms with Gasteiger partial charge in [-0.25, -0.2) is 4.90 Å². The van der Waals surface area contributed by atoms with E-state index >= 15 is 0 Å². The van der Waals surface area contributed by atoms with Gasteiger partial charge >= 0.3 is 0 Å². The summed E-state index contributed by atoms with van der Waals surface area (Å²) in [5.41, 5.74) is 7.01. The summed E-state index contributed by atoms with van der Waals surface area (Å²) >= 11 is 0. The summed E-state index contributed by atoms with van der Waals surface area (Å²) in [7, 11) is 0. The monoisotopic (exact) mass is 262 g/mol. The molecule has 2 N–H and O–H groups in total. The van der Waals surface area contributed by atoms with E-state index in [-0.39, 0.29) is 23.8 Å². The zero-order valence-corrected chi connectivity index (χ0v) is 11.4. The largest absolute Gasteiger partial charge is 0.482 e. The maximum Gasteiger partial charge on any atom is 0.271 e. The van der Waals surface area contributed by atoms with Gasteiger partial charge in [-0.05, 0) is 17.7 Å². The Labute approximate surface area is 112 Å². The summed E-state index contributed by atoms with van der Waals surface area (Å²) < 4.78 is 5.34. The zero-order chi connectivity index (χ0) is 14.2. The molecule has 0 radical (unpaired) electrons. The van der Waals surface area contributed by atoms with Crippen molar-refractivity contribution in [1.29, 1.82) is 0 Å². The number of anilines is 1. The molecule has 1 aromatic rings. The van der Waals surface area contributed by atoms with E-state index in [4.69, 9.17) is 10.5 Å². The molecule has 0 atom stereocenters. The molecule has 102 valence electrons. The van der Waals surface area contributed by atoms with E-state index in [1.54, 1.807) is 12.1 Å². The summed E-state index contributed by atoms with van der Waals surface area (Å²) in [6.45, 7) is 5.76. The van der Waals surface area contributed by atoms with E-state index in [2.05, 4.69) is 0 Å². The highest BCUT2D eigenvalue weighted by Gasteiger charge is 2.30. The molecule has 5 heteroatoms. The Morgan fingerprint density at radius 3 is 2.74 bits per heavy atom. The molecule has 2 amide bonds. The number of rotatable bonds is 2. The molecule has 1 aliphatic rings. The Kier molecular flexibility index (Phi) is 3.32. The molecule has 19 heavy (non-hydrogen) atoms. The molecule has 1 aliphatic heterocycles. The maximum absolute atomic E-state index is 11.8. The van der Waals surface area contributed by atoms with Gasteiger partial charge < -0.3 is 10.5 Å². The molecule has 0 fully saturated rings. The first-order valence-electron chi connectivity index (χ1n) is 6.18. The minimum Gasteiger partial charge on any atom is -0.482 e. The average molecular weight is 262 g/mol. The van der Waals surface area contributed by atoms with Crippen LogP contribution in [-0.4, -0.2) is 25.0 Å². The molecular formula is C14H18N2O3. The number of imide groups is 1. The van der Waals surface area contributed by atoms with Crippen LogP contribution in [0.4, 0.5) is 5.69 Å². The third kappa shape index (κ3) is 2.33. The van der Waals surface area contributed by atoms with Crippen LogP contribution in [0.1, 0.15) is 26.3 Å². The minimum atomic E-state index is -0.345. The smallest absolute Gasteiger partial charge is 0.271 e. The van der Waals surface area contributed by atoms with Crippen molar-refractivity contribution in [3.63, 3.8) is 0 Å². The molecule has 5 nitrogen and oxygen atoms in total. The van der Waals surface area contributed by atoms with Gasteiger partial charge in [0.2, 0.25) is 5.91 Å². The van der Waals surface area contributed by atoms with Gasteiger partial charge in [-0.3, -0.25) is 9.59 Å². The van der Waals surface area contributed by atoms with Crippen LogP contribution in [0.5, 0.6) is 5.75 Å². The third-order valence-corrected chi connectivity index (χ3v) is 3.41.